The largest absolute Gasteiger partial charge is 0.361 e. The maximum atomic E-state index is 4.41. The normalized spacial score (nSPS) is 15.1. The van der Waals surface area contributed by atoms with Crippen molar-refractivity contribution in [2.45, 2.75) is 19.8 Å². The predicted octanol–water partition coefficient (Wildman–Crippen LogP) is 1.96. The zero-order valence-corrected chi connectivity index (χ0v) is 11.3. The number of aryl methyl sites for hydroxylation is 1. The third kappa shape index (κ3) is 2.57. The Morgan fingerprint density at radius 3 is 3.16 bits per heavy atom. The van der Waals surface area contributed by atoms with Gasteiger partial charge >= 0.3 is 0 Å². The second-order valence-electron chi connectivity index (χ2n) is 5.00. The number of para-hydroxylation sites is 1. The first kappa shape index (κ1) is 12.1. The number of guanidine groups is 1. The molecule has 1 aliphatic heterocycles. The summed E-state index contributed by atoms with van der Waals surface area (Å²) in [5, 5.41) is 7.97. The zero-order valence-electron chi connectivity index (χ0n) is 11.3. The molecule has 2 heterocycles. The van der Waals surface area contributed by atoms with Crippen molar-refractivity contribution in [2.24, 2.45) is 4.99 Å². The molecule has 0 amide bonds. The SMILES string of the molecule is Cc1cccc2c(CCNC3=NCCCN3)c[nH]c12. The van der Waals surface area contributed by atoms with Crippen LogP contribution in [0, 0.1) is 6.92 Å². The summed E-state index contributed by atoms with van der Waals surface area (Å²) in [6.07, 6.45) is 4.26. The summed E-state index contributed by atoms with van der Waals surface area (Å²) in [7, 11) is 0. The number of hydrogen-bond donors (Lipinski definition) is 3. The van der Waals surface area contributed by atoms with Gasteiger partial charge in [-0.05, 0) is 30.9 Å². The first-order chi connectivity index (χ1) is 9.34. The number of hydrogen-bond acceptors (Lipinski definition) is 3. The van der Waals surface area contributed by atoms with Crippen LogP contribution in [0.25, 0.3) is 10.9 Å². The summed E-state index contributed by atoms with van der Waals surface area (Å²) in [6, 6.07) is 6.45. The summed E-state index contributed by atoms with van der Waals surface area (Å²) in [5.74, 6) is 0.947. The summed E-state index contributed by atoms with van der Waals surface area (Å²) in [4.78, 5) is 7.78. The van der Waals surface area contributed by atoms with Crippen LogP contribution < -0.4 is 10.6 Å². The quantitative estimate of drug-likeness (QED) is 0.786. The van der Waals surface area contributed by atoms with E-state index in [1.54, 1.807) is 0 Å². The van der Waals surface area contributed by atoms with Crippen LogP contribution in [0.4, 0.5) is 0 Å². The van der Waals surface area contributed by atoms with Crippen molar-refractivity contribution >= 4 is 16.9 Å². The lowest BCUT2D eigenvalue weighted by atomic mass is 10.1. The average Bonchev–Trinajstić information content (AvgIpc) is 2.85. The van der Waals surface area contributed by atoms with Gasteiger partial charge in [-0.2, -0.15) is 0 Å². The van der Waals surface area contributed by atoms with Gasteiger partial charge in [-0.3, -0.25) is 4.99 Å². The fourth-order valence-corrected chi connectivity index (χ4v) is 2.54. The molecule has 19 heavy (non-hydrogen) atoms. The van der Waals surface area contributed by atoms with Crippen LogP contribution in [-0.4, -0.2) is 30.6 Å². The first-order valence-electron chi connectivity index (χ1n) is 6.92. The van der Waals surface area contributed by atoms with Crippen LogP contribution in [0.15, 0.2) is 29.4 Å². The Balaban J connectivity index is 1.65. The Morgan fingerprint density at radius 2 is 2.32 bits per heavy atom. The van der Waals surface area contributed by atoms with E-state index in [-0.39, 0.29) is 0 Å². The number of H-pyrrole nitrogens is 1. The molecule has 1 aromatic carbocycles. The molecular formula is C15H20N4. The van der Waals surface area contributed by atoms with Gasteiger partial charge in [-0.25, -0.2) is 0 Å². The number of nitrogens with one attached hydrogen (secondary N) is 3. The molecule has 0 fully saturated rings. The van der Waals surface area contributed by atoms with Crippen molar-refractivity contribution in [3.05, 3.63) is 35.5 Å². The number of rotatable bonds is 3. The van der Waals surface area contributed by atoms with Crippen molar-refractivity contribution in [2.75, 3.05) is 19.6 Å². The van der Waals surface area contributed by atoms with Gasteiger partial charge in [0.05, 0.1) is 0 Å². The molecule has 0 aliphatic carbocycles. The van der Waals surface area contributed by atoms with Crippen LogP contribution >= 0.6 is 0 Å². The minimum absolute atomic E-state index is 0.909. The van der Waals surface area contributed by atoms with E-state index in [1.165, 1.54) is 22.0 Å². The fourth-order valence-electron chi connectivity index (χ4n) is 2.54. The Hall–Kier alpha value is -1.97. The van der Waals surface area contributed by atoms with Crippen LogP contribution in [0.2, 0.25) is 0 Å². The Bertz CT molecular complexity index is 597. The van der Waals surface area contributed by atoms with Gasteiger partial charge < -0.3 is 15.6 Å². The van der Waals surface area contributed by atoms with Gasteiger partial charge in [0, 0.05) is 36.7 Å². The number of aromatic amines is 1. The highest BCUT2D eigenvalue weighted by molar-refractivity contribution is 5.86. The molecule has 4 nitrogen and oxygen atoms in total. The highest BCUT2D eigenvalue weighted by Gasteiger charge is 2.06. The summed E-state index contributed by atoms with van der Waals surface area (Å²) < 4.78 is 0. The average molecular weight is 256 g/mol. The van der Waals surface area contributed by atoms with Crippen molar-refractivity contribution in [1.29, 1.82) is 0 Å². The molecule has 1 aliphatic rings. The summed E-state index contributed by atoms with van der Waals surface area (Å²) in [5.41, 5.74) is 3.92. The van der Waals surface area contributed by atoms with E-state index in [1.807, 2.05) is 0 Å². The molecule has 0 saturated heterocycles. The zero-order chi connectivity index (χ0) is 13.1. The molecule has 0 bridgehead atoms. The van der Waals surface area contributed by atoms with E-state index >= 15 is 0 Å². The lowest BCUT2D eigenvalue weighted by molar-refractivity contribution is 0.700. The Labute approximate surface area is 113 Å². The second kappa shape index (κ2) is 5.34. The van der Waals surface area contributed by atoms with Crippen LogP contribution in [0.1, 0.15) is 17.5 Å². The fraction of sp³-hybridized carbons (Fsp3) is 0.400. The minimum Gasteiger partial charge on any atom is -0.361 e. The molecule has 3 N–H and O–H groups in total. The van der Waals surface area contributed by atoms with E-state index in [0.717, 1.165) is 38.4 Å². The molecule has 2 aromatic rings. The van der Waals surface area contributed by atoms with Crippen LogP contribution in [-0.2, 0) is 6.42 Å². The molecule has 0 radical (unpaired) electrons. The van der Waals surface area contributed by atoms with Crippen molar-refractivity contribution in [3.8, 4) is 0 Å². The molecule has 0 unspecified atom stereocenters. The lowest BCUT2D eigenvalue weighted by Crippen LogP contribution is -2.41. The number of nitrogens with zero attached hydrogens (tertiary/aromatic N) is 1. The van der Waals surface area contributed by atoms with Gasteiger partial charge in [0.2, 0.25) is 0 Å². The number of fused-ring (bicyclic) bond motifs is 1. The summed E-state index contributed by atoms with van der Waals surface area (Å²) >= 11 is 0. The molecule has 0 saturated carbocycles. The topological polar surface area (TPSA) is 52.2 Å². The molecule has 0 spiro atoms. The predicted molar refractivity (Wildman–Crippen MR) is 79.7 cm³/mol. The number of benzene rings is 1. The second-order valence-corrected chi connectivity index (χ2v) is 5.00. The van der Waals surface area contributed by atoms with Crippen molar-refractivity contribution in [3.63, 3.8) is 0 Å². The third-order valence-electron chi connectivity index (χ3n) is 3.59. The van der Waals surface area contributed by atoms with Crippen LogP contribution in [0.3, 0.4) is 0 Å². The van der Waals surface area contributed by atoms with E-state index in [2.05, 4.69) is 51.9 Å². The third-order valence-corrected chi connectivity index (χ3v) is 3.59. The van der Waals surface area contributed by atoms with E-state index in [4.69, 9.17) is 0 Å². The molecule has 0 atom stereocenters. The van der Waals surface area contributed by atoms with Crippen molar-refractivity contribution < 1.29 is 0 Å². The smallest absolute Gasteiger partial charge is 0.191 e. The van der Waals surface area contributed by atoms with E-state index in [9.17, 15) is 0 Å². The monoisotopic (exact) mass is 256 g/mol. The number of aliphatic imine (C=N–C) groups is 1. The lowest BCUT2D eigenvalue weighted by Gasteiger charge is -2.15. The van der Waals surface area contributed by atoms with E-state index < -0.39 is 0 Å². The van der Waals surface area contributed by atoms with Gasteiger partial charge in [-0.15, -0.1) is 0 Å². The highest BCUT2D eigenvalue weighted by atomic mass is 15.2. The number of aromatic nitrogens is 1. The first-order valence-corrected chi connectivity index (χ1v) is 6.92. The maximum Gasteiger partial charge on any atom is 0.191 e. The highest BCUT2D eigenvalue weighted by Crippen LogP contribution is 2.21. The van der Waals surface area contributed by atoms with E-state index in [0.29, 0.717) is 0 Å². The van der Waals surface area contributed by atoms with Gasteiger partial charge in [0.15, 0.2) is 5.96 Å². The molecule has 100 valence electrons. The Kier molecular flexibility index (Phi) is 3.40. The van der Waals surface area contributed by atoms with Gasteiger partial charge in [0.1, 0.15) is 0 Å². The maximum absolute atomic E-state index is 4.41. The van der Waals surface area contributed by atoms with Gasteiger partial charge in [-0.1, -0.05) is 18.2 Å². The minimum atomic E-state index is 0.909. The van der Waals surface area contributed by atoms with Gasteiger partial charge in [0.25, 0.3) is 0 Å². The Morgan fingerprint density at radius 1 is 1.37 bits per heavy atom. The van der Waals surface area contributed by atoms with Crippen LogP contribution in [0.5, 0.6) is 0 Å². The summed E-state index contributed by atoms with van der Waals surface area (Å²) in [6.45, 7) is 5.01. The standard InChI is InChI=1S/C15H20N4/c1-11-4-2-5-13-12(10-19-14(11)13)6-9-18-15-16-7-3-8-17-15/h2,4-5,10,19H,3,6-9H2,1H3,(H2,16,17,18). The van der Waals surface area contributed by atoms with Crippen molar-refractivity contribution in [1.82, 2.24) is 15.6 Å². The molecule has 1 aromatic heterocycles. The molecule has 4 heteroatoms. The molecular weight excluding hydrogens is 236 g/mol. The molecule has 3 rings (SSSR count).